The van der Waals surface area contributed by atoms with E-state index in [0.717, 1.165) is 42.0 Å². The van der Waals surface area contributed by atoms with Gasteiger partial charge in [0.1, 0.15) is 22.7 Å². The van der Waals surface area contributed by atoms with Crippen LogP contribution in [0.15, 0.2) is 22.3 Å². The zero-order chi connectivity index (χ0) is 16.8. The summed E-state index contributed by atoms with van der Waals surface area (Å²) in [6, 6.07) is 3.88. The molecule has 0 radical (unpaired) electrons. The molecular weight excluding hydrogens is 324 g/mol. The maximum atomic E-state index is 12.7. The lowest BCUT2D eigenvalue weighted by molar-refractivity contribution is -0.133. The minimum absolute atomic E-state index is 0.0156. The van der Waals surface area contributed by atoms with Crippen LogP contribution < -0.4 is 5.56 Å². The number of fused-ring (bicyclic) bond motifs is 3. The molecule has 126 valence electrons. The van der Waals surface area contributed by atoms with Crippen molar-refractivity contribution in [2.75, 3.05) is 13.1 Å². The van der Waals surface area contributed by atoms with Gasteiger partial charge < -0.3 is 4.90 Å². The molecule has 0 bridgehead atoms. The normalized spacial score (nSPS) is 18.6. The molecule has 24 heavy (non-hydrogen) atoms. The molecule has 0 aliphatic carbocycles. The summed E-state index contributed by atoms with van der Waals surface area (Å²) in [5.74, 6) is 1.23. The average molecular weight is 344 g/mol. The maximum Gasteiger partial charge on any atom is 0.291 e. The van der Waals surface area contributed by atoms with Crippen LogP contribution in [0.1, 0.15) is 25.6 Å². The second-order valence-electron chi connectivity index (χ2n) is 6.64. The molecule has 4 rings (SSSR count). The quantitative estimate of drug-likeness (QED) is 0.716. The highest BCUT2D eigenvalue weighted by Gasteiger charge is 2.22. The van der Waals surface area contributed by atoms with E-state index in [9.17, 15) is 9.59 Å². The Labute approximate surface area is 143 Å². The van der Waals surface area contributed by atoms with E-state index >= 15 is 0 Å². The fourth-order valence-corrected chi connectivity index (χ4v) is 4.49. The van der Waals surface area contributed by atoms with Crippen LogP contribution in [0, 0.1) is 12.8 Å². The van der Waals surface area contributed by atoms with E-state index in [1.807, 2.05) is 33.7 Å². The van der Waals surface area contributed by atoms with E-state index in [2.05, 4.69) is 12.0 Å². The number of carbonyl (C=O) groups excluding carboxylic acids is 1. The summed E-state index contributed by atoms with van der Waals surface area (Å²) >= 11 is 1.59. The Morgan fingerprint density at radius 2 is 2.29 bits per heavy atom. The highest BCUT2D eigenvalue weighted by Crippen LogP contribution is 2.24. The molecule has 0 N–H and O–H groups in total. The third-order valence-electron chi connectivity index (χ3n) is 4.75. The van der Waals surface area contributed by atoms with Gasteiger partial charge in [0.05, 0.1) is 0 Å². The Bertz CT molecular complexity index is 984. The number of carbonyl (C=O) groups is 1. The van der Waals surface area contributed by atoms with Crippen LogP contribution in [0.3, 0.4) is 0 Å². The van der Waals surface area contributed by atoms with E-state index in [-0.39, 0.29) is 18.0 Å². The van der Waals surface area contributed by atoms with Crippen molar-refractivity contribution in [2.24, 2.45) is 5.92 Å². The molecule has 3 aromatic heterocycles. The van der Waals surface area contributed by atoms with Crippen molar-refractivity contribution in [3.8, 4) is 0 Å². The fraction of sp³-hybridized carbons (Fsp3) is 0.471. The topological polar surface area (TPSA) is 59.6 Å². The number of amides is 1. The van der Waals surface area contributed by atoms with Gasteiger partial charge in [0.2, 0.25) is 5.91 Å². The zero-order valence-corrected chi connectivity index (χ0v) is 14.7. The lowest BCUT2D eigenvalue weighted by Crippen LogP contribution is -2.42. The molecule has 0 aromatic carbocycles. The lowest BCUT2D eigenvalue weighted by Gasteiger charge is -2.31. The van der Waals surface area contributed by atoms with Crippen LogP contribution >= 0.6 is 11.3 Å². The van der Waals surface area contributed by atoms with Gasteiger partial charge in [0.25, 0.3) is 5.56 Å². The van der Waals surface area contributed by atoms with E-state index in [0.29, 0.717) is 11.4 Å². The van der Waals surface area contributed by atoms with Crippen molar-refractivity contribution in [1.29, 1.82) is 0 Å². The molecule has 0 unspecified atom stereocenters. The van der Waals surface area contributed by atoms with Gasteiger partial charge in [-0.3, -0.25) is 14.0 Å². The Morgan fingerprint density at radius 3 is 3.08 bits per heavy atom. The van der Waals surface area contributed by atoms with Crippen LogP contribution in [0.2, 0.25) is 0 Å². The first kappa shape index (κ1) is 15.4. The van der Waals surface area contributed by atoms with E-state index < -0.39 is 0 Å². The van der Waals surface area contributed by atoms with E-state index in [1.54, 1.807) is 11.3 Å². The number of hydrogen-bond acceptors (Lipinski definition) is 4. The van der Waals surface area contributed by atoms with Crippen molar-refractivity contribution in [2.45, 2.75) is 33.2 Å². The van der Waals surface area contributed by atoms with Gasteiger partial charge in [-0.25, -0.2) is 4.68 Å². The highest BCUT2D eigenvalue weighted by molar-refractivity contribution is 7.16. The standard InChI is InChI=1S/C17H20N4O2S/c1-11-4-3-6-19(9-11)15(22)10-20-16(23)14-8-13-5-7-24-17(13)21(14)12(2)18-20/h5,7-8,11H,3-4,6,9-10H2,1-2H3/t11-/m0/s1. The van der Waals surface area contributed by atoms with Gasteiger partial charge in [0, 0.05) is 18.5 Å². The molecule has 1 atom stereocenters. The minimum atomic E-state index is -0.206. The molecule has 7 heteroatoms. The molecule has 0 saturated carbocycles. The van der Waals surface area contributed by atoms with Crippen LogP contribution in [-0.2, 0) is 11.3 Å². The number of piperidine rings is 1. The van der Waals surface area contributed by atoms with Crippen molar-refractivity contribution >= 4 is 33.0 Å². The van der Waals surface area contributed by atoms with Crippen molar-refractivity contribution in [3.63, 3.8) is 0 Å². The number of rotatable bonds is 2. The predicted molar refractivity (Wildman–Crippen MR) is 94.6 cm³/mol. The lowest BCUT2D eigenvalue weighted by atomic mass is 10.0. The van der Waals surface area contributed by atoms with Crippen LogP contribution in [0.5, 0.6) is 0 Å². The van der Waals surface area contributed by atoms with E-state index in [1.165, 1.54) is 4.68 Å². The largest absolute Gasteiger partial charge is 0.341 e. The predicted octanol–water partition coefficient (Wildman–Crippen LogP) is 2.28. The number of likely N-dealkylation sites (tertiary alicyclic amines) is 1. The molecule has 0 spiro atoms. The third-order valence-corrected chi connectivity index (χ3v) is 5.66. The van der Waals surface area contributed by atoms with Crippen LogP contribution in [0.4, 0.5) is 0 Å². The number of nitrogens with zero attached hydrogens (tertiary/aromatic N) is 4. The van der Waals surface area contributed by atoms with Crippen molar-refractivity contribution < 1.29 is 4.79 Å². The second-order valence-corrected chi connectivity index (χ2v) is 7.54. The molecule has 3 aromatic rings. The molecule has 1 aliphatic heterocycles. The van der Waals surface area contributed by atoms with Gasteiger partial charge in [0.15, 0.2) is 0 Å². The molecule has 1 fully saturated rings. The van der Waals surface area contributed by atoms with Gasteiger partial charge in [-0.1, -0.05) is 6.92 Å². The highest BCUT2D eigenvalue weighted by atomic mass is 32.1. The first-order valence-corrected chi connectivity index (χ1v) is 9.16. The third kappa shape index (κ3) is 2.43. The summed E-state index contributed by atoms with van der Waals surface area (Å²) in [6.45, 7) is 5.60. The number of hydrogen-bond donors (Lipinski definition) is 0. The monoisotopic (exact) mass is 344 g/mol. The van der Waals surface area contributed by atoms with Crippen molar-refractivity contribution in [1.82, 2.24) is 19.1 Å². The number of thiophene rings is 1. The smallest absolute Gasteiger partial charge is 0.291 e. The first-order chi connectivity index (χ1) is 11.5. The summed E-state index contributed by atoms with van der Waals surface area (Å²) in [7, 11) is 0. The average Bonchev–Trinajstić information content (AvgIpc) is 3.13. The summed E-state index contributed by atoms with van der Waals surface area (Å²) in [5.41, 5.74) is 0.381. The van der Waals surface area contributed by atoms with Gasteiger partial charge in [-0.2, -0.15) is 5.10 Å². The summed E-state index contributed by atoms with van der Waals surface area (Å²) in [5, 5.41) is 7.42. The van der Waals surface area contributed by atoms with Crippen LogP contribution in [0.25, 0.3) is 15.7 Å². The molecule has 6 nitrogen and oxygen atoms in total. The molecule has 1 amide bonds. The molecule has 1 aliphatic rings. The molecule has 4 heterocycles. The van der Waals surface area contributed by atoms with Crippen LogP contribution in [-0.4, -0.2) is 38.1 Å². The summed E-state index contributed by atoms with van der Waals surface area (Å²) in [4.78, 5) is 28.2. The maximum absolute atomic E-state index is 12.7. The zero-order valence-electron chi connectivity index (χ0n) is 13.9. The first-order valence-electron chi connectivity index (χ1n) is 8.29. The molecular formula is C17H20N4O2S. The van der Waals surface area contributed by atoms with Gasteiger partial charge in [-0.15, -0.1) is 11.3 Å². The Kier molecular flexibility index (Phi) is 3.68. The summed E-state index contributed by atoms with van der Waals surface area (Å²) < 4.78 is 3.20. The SMILES string of the molecule is Cc1nn(CC(=O)N2CCC[C@H](C)C2)c(=O)c2cc3ccsc3n12. The van der Waals surface area contributed by atoms with Gasteiger partial charge >= 0.3 is 0 Å². The Balaban J connectivity index is 1.70. The molecule has 1 saturated heterocycles. The fourth-order valence-electron chi connectivity index (χ4n) is 3.55. The number of aromatic nitrogens is 3. The minimum Gasteiger partial charge on any atom is -0.341 e. The van der Waals surface area contributed by atoms with Crippen molar-refractivity contribution in [3.05, 3.63) is 33.7 Å². The summed E-state index contributed by atoms with van der Waals surface area (Å²) in [6.07, 6.45) is 2.19. The second kappa shape index (κ2) is 5.73. The number of aryl methyl sites for hydroxylation is 1. The Morgan fingerprint density at radius 1 is 1.46 bits per heavy atom. The van der Waals surface area contributed by atoms with Gasteiger partial charge in [-0.05, 0) is 43.2 Å². The van der Waals surface area contributed by atoms with E-state index in [4.69, 9.17) is 0 Å². The Hall–Kier alpha value is -2.15.